The molecule has 0 amide bonds. The Hall–Kier alpha value is -0.970. The molecule has 0 unspecified atom stereocenters. The average molecular weight is 211 g/mol. The molecule has 0 saturated carbocycles. The van der Waals surface area contributed by atoms with Crippen molar-refractivity contribution in [1.29, 1.82) is 0 Å². The molecule has 13 heavy (non-hydrogen) atoms. The molecular formula is C7H6ClF3N2. The van der Waals surface area contributed by atoms with Crippen LogP contribution >= 0.6 is 11.6 Å². The van der Waals surface area contributed by atoms with Crippen molar-refractivity contribution in [3.8, 4) is 0 Å². The summed E-state index contributed by atoms with van der Waals surface area (Å²) in [5.41, 5.74) is 3.80. The van der Waals surface area contributed by atoms with Gasteiger partial charge in [0, 0.05) is 6.20 Å². The van der Waals surface area contributed by atoms with Crippen molar-refractivity contribution in [2.45, 2.75) is 12.3 Å². The van der Waals surface area contributed by atoms with Gasteiger partial charge in [0.15, 0.2) is 5.82 Å². The molecule has 0 aliphatic rings. The van der Waals surface area contributed by atoms with E-state index in [0.29, 0.717) is 0 Å². The van der Waals surface area contributed by atoms with Crippen LogP contribution in [-0.2, 0) is 5.88 Å². The maximum absolute atomic E-state index is 13.0. The van der Waals surface area contributed by atoms with E-state index in [1.165, 1.54) is 0 Å². The average Bonchev–Trinajstić information content (AvgIpc) is 2.09. The van der Waals surface area contributed by atoms with Gasteiger partial charge in [0.25, 0.3) is 6.43 Å². The first-order valence-corrected chi connectivity index (χ1v) is 3.88. The maximum Gasteiger partial charge on any atom is 0.267 e. The van der Waals surface area contributed by atoms with E-state index in [0.717, 1.165) is 6.20 Å². The van der Waals surface area contributed by atoms with Crippen LogP contribution in [0.5, 0.6) is 0 Å². The van der Waals surface area contributed by atoms with E-state index in [9.17, 15) is 13.2 Å². The van der Waals surface area contributed by atoms with Gasteiger partial charge in [-0.05, 0) is 0 Å². The number of hydrogen-bond donors (Lipinski definition) is 1. The fourth-order valence-electron chi connectivity index (χ4n) is 0.823. The van der Waals surface area contributed by atoms with Crippen molar-refractivity contribution in [2.24, 2.45) is 0 Å². The van der Waals surface area contributed by atoms with Crippen molar-refractivity contribution < 1.29 is 13.2 Å². The summed E-state index contributed by atoms with van der Waals surface area (Å²) in [5.74, 6) is -1.16. The van der Waals surface area contributed by atoms with Crippen molar-refractivity contribution in [1.82, 2.24) is 4.98 Å². The summed E-state index contributed by atoms with van der Waals surface area (Å²) in [4.78, 5) is 3.41. The Kier molecular flexibility index (Phi) is 2.98. The number of rotatable bonds is 2. The largest absolute Gasteiger partial charge is 0.396 e. The molecule has 0 aliphatic carbocycles. The number of nitrogen functional groups attached to an aromatic ring is 1. The summed E-state index contributed by atoms with van der Waals surface area (Å²) in [5, 5.41) is 0. The second kappa shape index (κ2) is 3.83. The number of pyridine rings is 1. The lowest BCUT2D eigenvalue weighted by molar-refractivity contribution is 0.151. The van der Waals surface area contributed by atoms with Crippen LogP contribution in [0.4, 0.5) is 18.9 Å². The molecule has 1 aromatic heterocycles. The summed E-state index contributed by atoms with van der Waals surface area (Å²) in [6.07, 6.45) is -1.99. The zero-order chi connectivity index (χ0) is 10.0. The zero-order valence-corrected chi connectivity index (χ0v) is 7.15. The highest BCUT2D eigenvalue weighted by molar-refractivity contribution is 6.16. The molecule has 2 nitrogen and oxygen atoms in total. The van der Waals surface area contributed by atoms with Gasteiger partial charge in [0.1, 0.15) is 0 Å². The highest BCUT2D eigenvalue weighted by atomic mass is 35.5. The third kappa shape index (κ3) is 1.85. The third-order valence-electron chi connectivity index (χ3n) is 1.52. The Morgan fingerprint density at radius 2 is 2.15 bits per heavy atom. The minimum absolute atomic E-state index is 0.122. The lowest BCUT2D eigenvalue weighted by Gasteiger charge is -2.06. The first-order chi connectivity index (χ1) is 6.07. The van der Waals surface area contributed by atoms with Gasteiger partial charge in [-0.1, -0.05) is 0 Å². The lowest BCUT2D eigenvalue weighted by atomic mass is 10.2. The lowest BCUT2D eigenvalue weighted by Crippen LogP contribution is -2.03. The molecule has 1 aromatic rings. The highest BCUT2D eigenvalue weighted by Gasteiger charge is 2.17. The van der Waals surface area contributed by atoms with Gasteiger partial charge in [-0.15, -0.1) is 11.6 Å². The fourth-order valence-corrected chi connectivity index (χ4v) is 1.01. The van der Waals surface area contributed by atoms with Crippen LogP contribution in [0.1, 0.15) is 17.7 Å². The van der Waals surface area contributed by atoms with E-state index in [1.54, 1.807) is 0 Å². The van der Waals surface area contributed by atoms with Crippen LogP contribution in [0, 0.1) is 5.82 Å². The summed E-state index contributed by atoms with van der Waals surface area (Å²) < 4.78 is 37.3. The van der Waals surface area contributed by atoms with Crippen LogP contribution in [-0.4, -0.2) is 4.98 Å². The molecule has 0 spiro atoms. The molecule has 1 heterocycles. The van der Waals surface area contributed by atoms with Gasteiger partial charge in [-0.25, -0.2) is 13.2 Å². The predicted molar refractivity (Wildman–Crippen MR) is 43.1 cm³/mol. The molecule has 0 aromatic carbocycles. The number of anilines is 1. The molecule has 0 radical (unpaired) electrons. The summed E-state index contributed by atoms with van der Waals surface area (Å²) in [6.45, 7) is 0. The monoisotopic (exact) mass is 210 g/mol. The van der Waals surface area contributed by atoms with Crippen LogP contribution in [0.15, 0.2) is 6.20 Å². The molecule has 0 saturated heterocycles. The SMILES string of the molecule is Nc1c(C(F)F)cnc(CCl)c1F. The standard InChI is InChI=1S/C7H6ClF3N2/c8-1-4-5(9)6(12)3(2-13-4)7(10)11/h2,7H,1H2,(H2,12,13). The molecule has 72 valence electrons. The Morgan fingerprint density at radius 3 is 2.62 bits per heavy atom. The quantitative estimate of drug-likeness (QED) is 0.762. The van der Waals surface area contributed by atoms with Gasteiger partial charge in [-0.2, -0.15) is 0 Å². The number of alkyl halides is 3. The van der Waals surface area contributed by atoms with Crippen molar-refractivity contribution >= 4 is 17.3 Å². The van der Waals surface area contributed by atoms with Crippen LogP contribution < -0.4 is 5.73 Å². The smallest absolute Gasteiger partial charge is 0.267 e. The van der Waals surface area contributed by atoms with E-state index in [-0.39, 0.29) is 11.6 Å². The van der Waals surface area contributed by atoms with Crippen molar-refractivity contribution in [3.05, 3.63) is 23.3 Å². The second-order valence-electron chi connectivity index (χ2n) is 2.32. The first-order valence-electron chi connectivity index (χ1n) is 3.34. The Morgan fingerprint density at radius 1 is 1.54 bits per heavy atom. The van der Waals surface area contributed by atoms with Gasteiger partial charge in [0.2, 0.25) is 0 Å². The Labute approximate surface area is 77.5 Å². The van der Waals surface area contributed by atoms with Gasteiger partial charge < -0.3 is 5.73 Å². The van der Waals surface area contributed by atoms with E-state index < -0.39 is 23.5 Å². The number of nitrogens with two attached hydrogens (primary N) is 1. The number of aromatic nitrogens is 1. The molecule has 2 N–H and O–H groups in total. The molecule has 6 heteroatoms. The minimum Gasteiger partial charge on any atom is -0.396 e. The Bertz CT molecular complexity index is 317. The predicted octanol–water partition coefficient (Wildman–Crippen LogP) is 2.48. The van der Waals surface area contributed by atoms with Crippen LogP contribution in [0.2, 0.25) is 0 Å². The molecule has 0 atom stereocenters. The van der Waals surface area contributed by atoms with Crippen LogP contribution in [0.25, 0.3) is 0 Å². The van der Waals surface area contributed by atoms with E-state index in [4.69, 9.17) is 17.3 Å². The van der Waals surface area contributed by atoms with Crippen molar-refractivity contribution in [2.75, 3.05) is 5.73 Å². The Balaban J connectivity index is 3.23. The van der Waals surface area contributed by atoms with Crippen LogP contribution in [0.3, 0.4) is 0 Å². The van der Waals surface area contributed by atoms with Crippen molar-refractivity contribution in [3.63, 3.8) is 0 Å². The van der Waals surface area contributed by atoms with E-state index in [2.05, 4.69) is 4.98 Å². The number of nitrogens with zero attached hydrogens (tertiary/aromatic N) is 1. The second-order valence-corrected chi connectivity index (χ2v) is 2.59. The van der Waals surface area contributed by atoms with Gasteiger partial charge in [0.05, 0.1) is 22.8 Å². The topological polar surface area (TPSA) is 38.9 Å². The van der Waals surface area contributed by atoms with E-state index in [1.807, 2.05) is 0 Å². The molecular weight excluding hydrogens is 205 g/mol. The van der Waals surface area contributed by atoms with Gasteiger partial charge in [-0.3, -0.25) is 4.98 Å². The maximum atomic E-state index is 13.0. The summed E-state index contributed by atoms with van der Waals surface area (Å²) in [6, 6.07) is 0. The highest BCUT2D eigenvalue weighted by Crippen LogP contribution is 2.27. The fraction of sp³-hybridized carbons (Fsp3) is 0.286. The zero-order valence-electron chi connectivity index (χ0n) is 6.40. The molecule has 0 bridgehead atoms. The molecule has 0 aliphatic heterocycles. The van der Waals surface area contributed by atoms with E-state index >= 15 is 0 Å². The minimum atomic E-state index is -2.83. The molecule has 0 fully saturated rings. The summed E-state index contributed by atoms with van der Waals surface area (Å²) >= 11 is 5.29. The number of halogens is 4. The first kappa shape index (κ1) is 10.1. The normalized spacial score (nSPS) is 10.8. The molecule has 1 rings (SSSR count). The van der Waals surface area contributed by atoms with Gasteiger partial charge >= 0.3 is 0 Å². The third-order valence-corrected chi connectivity index (χ3v) is 1.78. The summed E-state index contributed by atoms with van der Waals surface area (Å²) in [7, 11) is 0. The number of hydrogen-bond acceptors (Lipinski definition) is 2.